The number of amides is 1. The summed E-state index contributed by atoms with van der Waals surface area (Å²) < 4.78 is 0. The van der Waals surface area contributed by atoms with Crippen LogP contribution in [0.25, 0.3) is 0 Å². The molecule has 0 aliphatic carbocycles. The number of carbonyl (C=O) groups is 1. The monoisotopic (exact) mass is 252 g/mol. The van der Waals surface area contributed by atoms with Crippen molar-refractivity contribution in [2.24, 2.45) is 0 Å². The molecule has 1 aliphatic rings. The molecule has 1 amide bonds. The maximum Gasteiger partial charge on any atom is 0.230 e. The van der Waals surface area contributed by atoms with E-state index in [-0.39, 0.29) is 11.8 Å². The third kappa shape index (κ3) is 2.87. The summed E-state index contributed by atoms with van der Waals surface area (Å²) in [6.07, 6.45) is 2.14. The van der Waals surface area contributed by atoms with Gasteiger partial charge in [0, 0.05) is 18.0 Å². The van der Waals surface area contributed by atoms with Gasteiger partial charge in [-0.1, -0.05) is 6.07 Å². The Morgan fingerprint density at radius 1 is 1.53 bits per heavy atom. The third-order valence-corrected chi connectivity index (χ3v) is 4.60. The molecule has 1 fully saturated rings. The fourth-order valence-electron chi connectivity index (χ4n) is 2.34. The molecule has 1 N–H and O–H groups in total. The summed E-state index contributed by atoms with van der Waals surface area (Å²) in [5.74, 6) is 0.245. The van der Waals surface area contributed by atoms with Gasteiger partial charge in [-0.2, -0.15) is 0 Å². The molecule has 3 nitrogen and oxygen atoms in total. The van der Waals surface area contributed by atoms with Gasteiger partial charge < -0.3 is 10.2 Å². The number of hydrogen-bond donors (Lipinski definition) is 1. The number of carbonyl (C=O) groups excluding carboxylic acids is 1. The van der Waals surface area contributed by atoms with Gasteiger partial charge in [-0.3, -0.25) is 4.79 Å². The molecule has 0 aromatic carbocycles. The van der Waals surface area contributed by atoms with E-state index in [0.29, 0.717) is 6.04 Å². The van der Waals surface area contributed by atoms with Gasteiger partial charge in [0.1, 0.15) is 0 Å². The number of thiophene rings is 1. The fourth-order valence-corrected chi connectivity index (χ4v) is 3.12. The molecule has 1 aliphatic heterocycles. The van der Waals surface area contributed by atoms with Crippen LogP contribution in [0.4, 0.5) is 0 Å². The highest BCUT2D eigenvalue weighted by atomic mass is 32.1. The lowest BCUT2D eigenvalue weighted by molar-refractivity contribution is -0.133. The zero-order valence-corrected chi connectivity index (χ0v) is 11.3. The van der Waals surface area contributed by atoms with Gasteiger partial charge in [0.25, 0.3) is 0 Å². The van der Waals surface area contributed by atoms with Crippen molar-refractivity contribution in [3.05, 3.63) is 22.4 Å². The predicted octanol–water partition coefficient (Wildman–Crippen LogP) is 2.06. The first-order chi connectivity index (χ1) is 8.20. The highest BCUT2D eigenvalue weighted by Gasteiger charge is 2.26. The van der Waals surface area contributed by atoms with Gasteiger partial charge in [-0.15, -0.1) is 11.3 Å². The number of hydrogen-bond acceptors (Lipinski definition) is 3. The second-order valence-electron chi connectivity index (χ2n) is 4.67. The number of piperidine rings is 1. The molecule has 0 spiro atoms. The van der Waals surface area contributed by atoms with Crippen molar-refractivity contribution in [1.82, 2.24) is 10.2 Å². The molecule has 1 saturated heterocycles. The van der Waals surface area contributed by atoms with E-state index >= 15 is 0 Å². The summed E-state index contributed by atoms with van der Waals surface area (Å²) in [5, 5.41) is 5.36. The molecule has 94 valence electrons. The summed E-state index contributed by atoms with van der Waals surface area (Å²) in [6, 6.07) is 4.46. The van der Waals surface area contributed by atoms with Crippen LogP contribution in [0.2, 0.25) is 0 Å². The molecule has 0 bridgehead atoms. The van der Waals surface area contributed by atoms with Crippen LogP contribution < -0.4 is 5.32 Å². The normalized spacial score (nSPS) is 18.9. The summed E-state index contributed by atoms with van der Waals surface area (Å²) in [4.78, 5) is 15.5. The van der Waals surface area contributed by atoms with E-state index < -0.39 is 0 Å². The Kier molecular flexibility index (Phi) is 4.18. The van der Waals surface area contributed by atoms with E-state index in [4.69, 9.17) is 0 Å². The van der Waals surface area contributed by atoms with Crippen molar-refractivity contribution in [3.63, 3.8) is 0 Å². The first kappa shape index (κ1) is 12.6. The molecule has 2 heterocycles. The van der Waals surface area contributed by atoms with Crippen LogP contribution in [0.3, 0.4) is 0 Å². The average molecular weight is 252 g/mol. The van der Waals surface area contributed by atoms with Crippen LogP contribution >= 0.6 is 11.3 Å². The first-order valence-electron chi connectivity index (χ1n) is 6.21. The summed E-state index contributed by atoms with van der Waals surface area (Å²) in [6.45, 7) is 4.05. The number of nitrogens with zero attached hydrogens (tertiary/aromatic N) is 1. The fraction of sp³-hybridized carbons (Fsp3) is 0.615. The molecule has 1 atom stereocenters. The van der Waals surface area contributed by atoms with E-state index in [2.05, 4.69) is 5.32 Å². The maximum absolute atomic E-state index is 12.4. The lowest BCUT2D eigenvalue weighted by Crippen LogP contribution is -2.45. The molecule has 17 heavy (non-hydrogen) atoms. The van der Waals surface area contributed by atoms with Gasteiger partial charge in [0.05, 0.1) is 5.92 Å². The molecular weight excluding hydrogens is 232 g/mol. The summed E-state index contributed by atoms with van der Waals surface area (Å²) >= 11 is 1.66. The van der Waals surface area contributed by atoms with E-state index in [9.17, 15) is 4.79 Å². The smallest absolute Gasteiger partial charge is 0.230 e. The molecule has 0 saturated carbocycles. The molecule has 2 rings (SSSR count). The first-order valence-corrected chi connectivity index (χ1v) is 7.09. The van der Waals surface area contributed by atoms with Gasteiger partial charge in [-0.25, -0.2) is 0 Å². The van der Waals surface area contributed by atoms with E-state index in [0.717, 1.165) is 30.8 Å². The lowest BCUT2D eigenvalue weighted by atomic mass is 10.0. The Morgan fingerprint density at radius 2 is 2.24 bits per heavy atom. The zero-order valence-electron chi connectivity index (χ0n) is 10.5. The maximum atomic E-state index is 12.4. The van der Waals surface area contributed by atoms with Crippen LogP contribution in [-0.2, 0) is 4.79 Å². The van der Waals surface area contributed by atoms with Crippen molar-refractivity contribution in [1.29, 1.82) is 0 Å². The average Bonchev–Trinajstić information content (AvgIpc) is 2.91. The van der Waals surface area contributed by atoms with Crippen molar-refractivity contribution >= 4 is 17.2 Å². The SMILES string of the molecule is CC(C(=O)N(C)C1CCNCC1)c1cccs1. The largest absolute Gasteiger partial charge is 0.342 e. The summed E-state index contributed by atoms with van der Waals surface area (Å²) in [5.41, 5.74) is 0. The van der Waals surface area contributed by atoms with Gasteiger partial charge in [0.2, 0.25) is 5.91 Å². The second-order valence-corrected chi connectivity index (χ2v) is 5.65. The molecule has 1 aromatic heterocycles. The Morgan fingerprint density at radius 3 is 2.82 bits per heavy atom. The molecule has 4 heteroatoms. The minimum Gasteiger partial charge on any atom is -0.342 e. The zero-order chi connectivity index (χ0) is 12.3. The topological polar surface area (TPSA) is 32.3 Å². The lowest BCUT2D eigenvalue weighted by Gasteiger charge is -2.33. The van der Waals surface area contributed by atoms with Crippen molar-refractivity contribution in [2.45, 2.75) is 31.7 Å². The number of likely N-dealkylation sites (N-methyl/N-ethyl adjacent to an activating group) is 1. The Balaban J connectivity index is 1.98. The minimum absolute atomic E-state index is 0.00474. The number of nitrogens with one attached hydrogen (secondary N) is 1. The van der Waals surface area contributed by atoms with Crippen molar-refractivity contribution < 1.29 is 4.79 Å². The van der Waals surface area contributed by atoms with Gasteiger partial charge in [-0.05, 0) is 44.3 Å². The van der Waals surface area contributed by atoms with Gasteiger partial charge in [0.15, 0.2) is 0 Å². The third-order valence-electron chi connectivity index (χ3n) is 3.54. The molecule has 1 aromatic rings. The van der Waals surface area contributed by atoms with Gasteiger partial charge >= 0.3 is 0 Å². The predicted molar refractivity (Wildman–Crippen MR) is 71.4 cm³/mol. The Bertz CT molecular complexity index is 358. The Hall–Kier alpha value is -0.870. The van der Waals surface area contributed by atoms with Crippen molar-refractivity contribution in [2.75, 3.05) is 20.1 Å². The van der Waals surface area contributed by atoms with E-state index in [1.54, 1.807) is 11.3 Å². The molecular formula is C13H20N2OS. The molecule has 1 unspecified atom stereocenters. The highest BCUT2D eigenvalue weighted by molar-refractivity contribution is 7.10. The Labute approximate surface area is 107 Å². The van der Waals surface area contributed by atoms with Crippen LogP contribution in [0.15, 0.2) is 17.5 Å². The van der Waals surface area contributed by atoms with Crippen LogP contribution in [0, 0.1) is 0 Å². The highest BCUT2D eigenvalue weighted by Crippen LogP contribution is 2.24. The van der Waals surface area contributed by atoms with Crippen LogP contribution in [0.1, 0.15) is 30.6 Å². The standard InChI is InChI=1S/C13H20N2OS/c1-10(12-4-3-9-17-12)13(16)15(2)11-5-7-14-8-6-11/h3-4,9-11,14H,5-8H2,1-2H3. The van der Waals surface area contributed by atoms with Crippen LogP contribution in [-0.4, -0.2) is 37.0 Å². The number of rotatable bonds is 3. The van der Waals surface area contributed by atoms with Crippen molar-refractivity contribution in [3.8, 4) is 0 Å². The minimum atomic E-state index is -0.00474. The van der Waals surface area contributed by atoms with E-state index in [1.165, 1.54) is 0 Å². The second kappa shape index (κ2) is 5.65. The molecule has 0 radical (unpaired) electrons. The van der Waals surface area contributed by atoms with Crippen LogP contribution in [0.5, 0.6) is 0 Å². The van der Waals surface area contributed by atoms with E-state index in [1.807, 2.05) is 36.4 Å². The summed E-state index contributed by atoms with van der Waals surface area (Å²) in [7, 11) is 1.95. The quantitative estimate of drug-likeness (QED) is 0.893.